The minimum Gasteiger partial charge on any atom is -0.453 e. The molecule has 0 radical (unpaired) electrons. The van der Waals surface area contributed by atoms with Gasteiger partial charge in [0.25, 0.3) is 0 Å². The van der Waals surface area contributed by atoms with Gasteiger partial charge in [0.2, 0.25) is 0 Å². The first-order valence-corrected chi connectivity index (χ1v) is 7.39. The van der Waals surface area contributed by atoms with E-state index in [1.807, 2.05) is 24.3 Å². The summed E-state index contributed by atoms with van der Waals surface area (Å²) in [6, 6.07) is 8.34. The molecule has 4 nitrogen and oxygen atoms in total. The van der Waals surface area contributed by atoms with Gasteiger partial charge in [-0.25, -0.2) is 4.79 Å². The van der Waals surface area contributed by atoms with E-state index in [0.29, 0.717) is 6.04 Å². The Morgan fingerprint density at radius 2 is 1.80 bits per heavy atom. The van der Waals surface area contributed by atoms with E-state index in [4.69, 9.17) is 0 Å². The number of ether oxygens (including phenoxy) is 1. The van der Waals surface area contributed by atoms with Crippen LogP contribution in [0.4, 0.5) is 16.2 Å². The summed E-state index contributed by atoms with van der Waals surface area (Å²) >= 11 is 0. The number of hydrogen-bond acceptors (Lipinski definition) is 3. The standard InChI is InChI=1S/C16H24N2O2/c1-12-4-3-5-13(7-6-12)17-14-8-10-15(11-9-14)18-16(19)20-2/h8-13,17H,3-7H2,1-2H3,(H,18,19). The third kappa shape index (κ3) is 4.44. The number of rotatable bonds is 3. The predicted molar refractivity (Wildman–Crippen MR) is 82.1 cm³/mol. The van der Waals surface area contributed by atoms with Crippen molar-refractivity contribution in [2.45, 2.75) is 45.1 Å². The van der Waals surface area contributed by atoms with Crippen LogP contribution in [0.25, 0.3) is 0 Å². The van der Waals surface area contributed by atoms with E-state index in [9.17, 15) is 4.79 Å². The fourth-order valence-corrected chi connectivity index (χ4v) is 2.69. The zero-order valence-electron chi connectivity index (χ0n) is 12.3. The van der Waals surface area contributed by atoms with Gasteiger partial charge in [-0.2, -0.15) is 0 Å². The molecule has 1 aliphatic rings. The van der Waals surface area contributed by atoms with Crippen molar-refractivity contribution < 1.29 is 9.53 Å². The zero-order valence-corrected chi connectivity index (χ0v) is 12.3. The summed E-state index contributed by atoms with van der Waals surface area (Å²) < 4.78 is 4.56. The Kier molecular flexibility index (Phi) is 5.27. The summed E-state index contributed by atoms with van der Waals surface area (Å²) in [5.41, 5.74) is 1.86. The highest BCUT2D eigenvalue weighted by Crippen LogP contribution is 2.25. The van der Waals surface area contributed by atoms with Crippen LogP contribution >= 0.6 is 0 Å². The first-order valence-electron chi connectivity index (χ1n) is 7.39. The van der Waals surface area contributed by atoms with Crippen LogP contribution < -0.4 is 10.6 Å². The van der Waals surface area contributed by atoms with Gasteiger partial charge in [0.15, 0.2) is 0 Å². The van der Waals surface area contributed by atoms with Gasteiger partial charge in [-0.3, -0.25) is 5.32 Å². The molecular formula is C16H24N2O2. The molecule has 2 rings (SSSR count). The van der Waals surface area contributed by atoms with E-state index in [2.05, 4.69) is 22.3 Å². The van der Waals surface area contributed by atoms with Crippen LogP contribution in [-0.2, 0) is 4.74 Å². The van der Waals surface area contributed by atoms with Gasteiger partial charge >= 0.3 is 6.09 Å². The maximum Gasteiger partial charge on any atom is 0.411 e. The lowest BCUT2D eigenvalue weighted by atomic mass is 10.0. The topological polar surface area (TPSA) is 50.4 Å². The Morgan fingerprint density at radius 3 is 2.50 bits per heavy atom. The lowest BCUT2D eigenvalue weighted by molar-refractivity contribution is 0.187. The number of amides is 1. The predicted octanol–water partition coefficient (Wildman–Crippen LogP) is 4.25. The summed E-state index contributed by atoms with van der Waals surface area (Å²) in [7, 11) is 1.36. The van der Waals surface area contributed by atoms with E-state index >= 15 is 0 Å². The Labute approximate surface area is 120 Å². The molecule has 0 saturated heterocycles. The summed E-state index contributed by atoms with van der Waals surface area (Å²) in [5, 5.41) is 6.24. The first-order chi connectivity index (χ1) is 9.67. The van der Waals surface area contributed by atoms with Crippen molar-refractivity contribution >= 4 is 17.5 Å². The summed E-state index contributed by atoms with van der Waals surface area (Å²) in [5.74, 6) is 0.855. The summed E-state index contributed by atoms with van der Waals surface area (Å²) in [4.78, 5) is 11.1. The normalized spacial score (nSPS) is 22.7. The molecule has 2 unspecified atom stereocenters. The van der Waals surface area contributed by atoms with E-state index in [0.717, 1.165) is 17.3 Å². The largest absolute Gasteiger partial charge is 0.453 e. The van der Waals surface area contributed by atoms with Gasteiger partial charge in [0.1, 0.15) is 0 Å². The monoisotopic (exact) mass is 276 g/mol. The van der Waals surface area contributed by atoms with Crippen molar-refractivity contribution in [2.24, 2.45) is 5.92 Å². The number of anilines is 2. The van der Waals surface area contributed by atoms with Gasteiger partial charge in [-0.15, -0.1) is 0 Å². The van der Waals surface area contributed by atoms with E-state index < -0.39 is 6.09 Å². The molecule has 0 bridgehead atoms. The van der Waals surface area contributed by atoms with E-state index in [-0.39, 0.29) is 0 Å². The van der Waals surface area contributed by atoms with Crippen LogP contribution in [0.2, 0.25) is 0 Å². The van der Waals surface area contributed by atoms with Gasteiger partial charge < -0.3 is 10.1 Å². The van der Waals surface area contributed by atoms with Gasteiger partial charge in [0, 0.05) is 17.4 Å². The van der Waals surface area contributed by atoms with Crippen molar-refractivity contribution in [3.05, 3.63) is 24.3 Å². The first kappa shape index (κ1) is 14.7. The molecule has 1 aromatic rings. The highest BCUT2D eigenvalue weighted by molar-refractivity contribution is 5.84. The molecule has 1 fully saturated rings. The van der Waals surface area contributed by atoms with Crippen LogP contribution in [0.3, 0.4) is 0 Å². The molecule has 110 valence electrons. The molecule has 1 amide bonds. The minimum absolute atomic E-state index is 0.441. The molecule has 4 heteroatoms. The third-order valence-corrected chi connectivity index (χ3v) is 3.94. The second-order valence-electron chi connectivity index (χ2n) is 5.65. The highest BCUT2D eigenvalue weighted by atomic mass is 16.5. The number of benzene rings is 1. The van der Waals surface area contributed by atoms with Crippen LogP contribution in [0.1, 0.15) is 39.0 Å². The second kappa shape index (κ2) is 7.17. The fraction of sp³-hybridized carbons (Fsp3) is 0.562. The van der Waals surface area contributed by atoms with Crippen LogP contribution in [0.5, 0.6) is 0 Å². The minimum atomic E-state index is -0.441. The maximum absolute atomic E-state index is 11.1. The molecule has 1 aliphatic carbocycles. The molecule has 1 aromatic carbocycles. The van der Waals surface area contributed by atoms with Crippen molar-refractivity contribution in [3.8, 4) is 0 Å². The maximum atomic E-state index is 11.1. The van der Waals surface area contributed by atoms with Crippen molar-refractivity contribution in [1.82, 2.24) is 0 Å². The lowest BCUT2D eigenvalue weighted by Crippen LogP contribution is -2.18. The molecule has 0 heterocycles. The molecule has 0 aromatic heterocycles. The van der Waals surface area contributed by atoms with Crippen molar-refractivity contribution in [1.29, 1.82) is 0 Å². The number of nitrogens with one attached hydrogen (secondary N) is 2. The molecule has 1 saturated carbocycles. The second-order valence-corrected chi connectivity index (χ2v) is 5.65. The lowest BCUT2D eigenvalue weighted by Gasteiger charge is -2.18. The third-order valence-electron chi connectivity index (χ3n) is 3.94. The molecule has 2 N–H and O–H groups in total. The van der Waals surface area contributed by atoms with Crippen LogP contribution in [0.15, 0.2) is 24.3 Å². The zero-order chi connectivity index (χ0) is 14.4. The van der Waals surface area contributed by atoms with Crippen LogP contribution in [-0.4, -0.2) is 19.2 Å². The number of carbonyl (C=O) groups is 1. The average Bonchev–Trinajstić information content (AvgIpc) is 2.66. The van der Waals surface area contributed by atoms with Gasteiger partial charge in [0.05, 0.1) is 7.11 Å². The Hall–Kier alpha value is -1.71. The molecular weight excluding hydrogens is 252 g/mol. The number of hydrogen-bond donors (Lipinski definition) is 2. The van der Waals surface area contributed by atoms with Crippen molar-refractivity contribution in [2.75, 3.05) is 17.7 Å². The average molecular weight is 276 g/mol. The SMILES string of the molecule is COC(=O)Nc1ccc(NC2CCCC(C)CC2)cc1. The number of carbonyl (C=O) groups excluding carboxylic acids is 1. The van der Waals surface area contributed by atoms with Gasteiger partial charge in [-0.1, -0.05) is 19.8 Å². The molecule has 20 heavy (non-hydrogen) atoms. The van der Waals surface area contributed by atoms with E-state index in [1.165, 1.54) is 39.2 Å². The fourth-order valence-electron chi connectivity index (χ4n) is 2.69. The van der Waals surface area contributed by atoms with E-state index in [1.54, 1.807) is 0 Å². The Morgan fingerprint density at radius 1 is 1.10 bits per heavy atom. The molecule has 2 atom stereocenters. The van der Waals surface area contributed by atoms with Crippen molar-refractivity contribution in [3.63, 3.8) is 0 Å². The Balaban J connectivity index is 1.88. The Bertz CT molecular complexity index is 431. The van der Waals surface area contributed by atoms with Crippen LogP contribution in [0, 0.1) is 5.92 Å². The summed E-state index contributed by atoms with van der Waals surface area (Å²) in [6.07, 6.45) is 6.00. The molecule has 0 aliphatic heterocycles. The smallest absolute Gasteiger partial charge is 0.411 e. The van der Waals surface area contributed by atoms with Gasteiger partial charge in [-0.05, 0) is 49.4 Å². The quantitative estimate of drug-likeness (QED) is 0.812. The highest BCUT2D eigenvalue weighted by Gasteiger charge is 2.15. The number of methoxy groups -OCH3 is 1. The summed E-state index contributed by atoms with van der Waals surface area (Å²) in [6.45, 7) is 2.34. The molecule has 0 spiro atoms.